The highest BCUT2D eigenvalue weighted by Crippen LogP contribution is 2.42. The zero-order valence-electron chi connectivity index (χ0n) is 20.2. The molecule has 3 aromatic rings. The molecule has 1 saturated heterocycles. The standard InChI is InChI=1S/C27H28N2O6S/c1-18-7-12-23-22(15-18)28-27(30)21-16-26(36(31,32)29-13-5-3-4-6-14-29)25(17-24(21)35-23)34-20-10-8-19(33-2)9-11-20/h7-12,15-17H,3-6,13-14H2,1-2H3,(H,28,30). The van der Waals surface area contributed by atoms with Gasteiger partial charge < -0.3 is 19.5 Å². The number of hydrogen-bond acceptors (Lipinski definition) is 6. The summed E-state index contributed by atoms with van der Waals surface area (Å²) in [5, 5.41) is 2.84. The van der Waals surface area contributed by atoms with Gasteiger partial charge in [-0.1, -0.05) is 18.9 Å². The Bertz CT molecular complexity index is 1390. The Morgan fingerprint density at radius 3 is 2.28 bits per heavy atom. The Kier molecular flexibility index (Phi) is 6.59. The van der Waals surface area contributed by atoms with Gasteiger partial charge >= 0.3 is 0 Å². The summed E-state index contributed by atoms with van der Waals surface area (Å²) < 4.78 is 46.6. The molecule has 188 valence electrons. The number of hydrogen-bond donors (Lipinski definition) is 1. The van der Waals surface area contributed by atoms with Crippen LogP contribution in [-0.2, 0) is 10.0 Å². The van der Waals surface area contributed by atoms with E-state index in [1.807, 2.05) is 19.1 Å². The third-order valence-corrected chi connectivity index (χ3v) is 8.28. The lowest BCUT2D eigenvalue weighted by Crippen LogP contribution is -2.32. The van der Waals surface area contributed by atoms with Crippen LogP contribution in [-0.4, -0.2) is 38.8 Å². The van der Waals surface area contributed by atoms with Gasteiger partial charge in [0.1, 0.15) is 22.1 Å². The van der Waals surface area contributed by atoms with Crippen molar-refractivity contribution in [1.82, 2.24) is 4.31 Å². The van der Waals surface area contributed by atoms with Crippen LogP contribution in [0.1, 0.15) is 41.6 Å². The first-order valence-electron chi connectivity index (χ1n) is 11.9. The lowest BCUT2D eigenvalue weighted by atomic mass is 10.1. The number of methoxy groups -OCH3 is 1. The van der Waals surface area contributed by atoms with Gasteiger partial charge in [-0.15, -0.1) is 0 Å². The van der Waals surface area contributed by atoms with Crippen molar-refractivity contribution < 1.29 is 27.4 Å². The lowest BCUT2D eigenvalue weighted by Gasteiger charge is -2.22. The molecule has 0 bridgehead atoms. The molecule has 1 amide bonds. The van der Waals surface area contributed by atoms with Gasteiger partial charge in [-0.2, -0.15) is 4.31 Å². The quantitative estimate of drug-likeness (QED) is 0.474. The molecule has 0 aromatic heterocycles. The van der Waals surface area contributed by atoms with Gasteiger partial charge in [0, 0.05) is 19.2 Å². The topological polar surface area (TPSA) is 94.2 Å². The number of anilines is 1. The maximum absolute atomic E-state index is 13.8. The number of nitrogens with zero attached hydrogens (tertiary/aromatic N) is 1. The van der Waals surface area contributed by atoms with E-state index in [9.17, 15) is 13.2 Å². The summed E-state index contributed by atoms with van der Waals surface area (Å²) in [5.74, 6) is 1.40. The molecular formula is C27H28N2O6S. The summed E-state index contributed by atoms with van der Waals surface area (Å²) in [7, 11) is -2.38. The van der Waals surface area contributed by atoms with E-state index >= 15 is 0 Å². The molecule has 5 rings (SSSR count). The zero-order chi connectivity index (χ0) is 25.3. The van der Waals surface area contributed by atoms with Gasteiger partial charge in [0.15, 0.2) is 11.5 Å². The average molecular weight is 509 g/mol. The summed E-state index contributed by atoms with van der Waals surface area (Å²) in [6.07, 6.45) is 3.55. The van der Waals surface area contributed by atoms with Crippen LogP contribution in [0.2, 0.25) is 0 Å². The average Bonchev–Trinajstić information content (AvgIpc) is 3.22. The van der Waals surface area contributed by atoms with Crippen LogP contribution in [0.15, 0.2) is 59.5 Å². The fourth-order valence-electron chi connectivity index (χ4n) is 4.41. The van der Waals surface area contributed by atoms with Gasteiger partial charge in [-0.3, -0.25) is 4.79 Å². The Labute approximate surface area is 210 Å². The van der Waals surface area contributed by atoms with E-state index in [-0.39, 0.29) is 22.0 Å². The van der Waals surface area contributed by atoms with Gasteiger partial charge in [0.05, 0.1) is 18.4 Å². The number of amides is 1. The second kappa shape index (κ2) is 9.83. The van der Waals surface area contributed by atoms with Crippen LogP contribution in [0.25, 0.3) is 0 Å². The highest BCUT2D eigenvalue weighted by atomic mass is 32.2. The van der Waals surface area contributed by atoms with Crippen molar-refractivity contribution in [3.05, 3.63) is 65.7 Å². The number of sulfonamides is 1. The van der Waals surface area contributed by atoms with Crippen LogP contribution in [0.4, 0.5) is 5.69 Å². The molecule has 0 saturated carbocycles. The molecule has 1 fully saturated rings. The first-order chi connectivity index (χ1) is 17.3. The van der Waals surface area contributed by atoms with E-state index in [0.29, 0.717) is 36.0 Å². The van der Waals surface area contributed by atoms with Crippen molar-refractivity contribution in [3.63, 3.8) is 0 Å². The highest BCUT2D eigenvalue weighted by Gasteiger charge is 2.32. The summed E-state index contributed by atoms with van der Waals surface area (Å²) in [6.45, 7) is 2.76. The molecule has 3 aromatic carbocycles. The Morgan fingerprint density at radius 1 is 0.889 bits per heavy atom. The van der Waals surface area contributed by atoms with Crippen molar-refractivity contribution in [2.45, 2.75) is 37.5 Å². The van der Waals surface area contributed by atoms with E-state index in [2.05, 4.69) is 5.32 Å². The lowest BCUT2D eigenvalue weighted by molar-refractivity contribution is 0.102. The largest absolute Gasteiger partial charge is 0.497 e. The van der Waals surface area contributed by atoms with Crippen LogP contribution in [0.3, 0.4) is 0 Å². The molecule has 2 heterocycles. The van der Waals surface area contributed by atoms with Crippen molar-refractivity contribution in [1.29, 1.82) is 0 Å². The molecule has 9 heteroatoms. The molecular weight excluding hydrogens is 480 g/mol. The smallest absolute Gasteiger partial charge is 0.259 e. The van der Waals surface area contributed by atoms with Crippen molar-refractivity contribution in [2.24, 2.45) is 0 Å². The summed E-state index contributed by atoms with van der Waals surface area (Å²) >= 11 is 0. The van der Waals surface area contributed by atoms with Gasteiger partial charge in [-0.05, 0) is 67.8 Å². The number of fused-ring (bicyclic) bond motifs is 2. The minimum Gasteiger partial charge on any atom is -0.497 e. The Morgan fingerprint density at radius 2 is 1.58 bits per heavy atom. The van der Waals surface area contributed by atoms with Crippen molar-refractivity contribution in [3.8, 4) is 28.7 Å². The zero-order valence-corrected chi connectivity index (χ0v) is 21.1. The number of carbonyl (C=O) groups excluding carboxylic acids is 1. The van der Waals surface area contributed by atoms with Crippen molar-refractivity contribution >= 4 is 21.6 Å². The molecule has 8 nitrogen and oxygen atoms in total. The van der Waals surface area contributed by atoms with E-state index in [4.69, 9.17) is 14.2 Å². The second-order valence-corrected chi connectivity index (χ2v) is 10.9. The number of ether oxygens (including phenoxy) is 3. The molecule has 0 atom stereocenters. The maximum Gasteiger partial charge on any atom is 0.259 e. The Hall–Kier alpha value is -3.56. The third-order valence-electron chi connectivity index (χ3n) is 6.36. The molecule has 0 aliphatic carbocycles. The molecule has 0 spiro atoms. The van der Waals surface area contributed by atoms with Crippen LogP contribution in [0.5, 0.6) is 28.7 Å². The van der Waals surface area contributed by atoms with Gasteiger partial charge in [0.2, 0.25) is 10.0 Å². The first-order valence-corrected chi connectivity index (χ1v) is 13.4. The minimum atomic E-state index is -3.94. The molecule has 1 N–H and O–H groups in total. The number of benzene rings is 3. The molecule has 2 aliphatic heterocycles. The summed E-state index contributed by atoms with van der Waals surface area (Å²) in [5.41, 5.74) is 1.60. The number of nitrogens with one attached hydrogen (secondary N) is 1. The fraction of sp³-hybridized carbons (Fsp3) is 0.296. The van der Waals surface area contributed by atoms with Crippen LogP contribution >= 0.6 is 0 Å². The maximum atomic E-state index is 13.8. The van der Waals surface area contributed by atoms with Gasteiger partial charge in [0.25, 0.3) is 5.91 Å². The SMILES string of the molecule is COc1ccc(Oc2cc3c(cc2S(=O)(=O)N2CCCCCC2)C(=O)Nc2cc(C)ccc2O3)cc1. The number of carbonyl (C=O) groups is 1. The van der Waals surface area contributed by atoms with Crippen LogP contribution < -0.4 is 19.5 Å². The monoisotopic (exact) mass is 508 g/mol. The van der Waals surface area contributed by atoms with Crippen LogP contribution in [0, 0.1) is 6.92 Å². The fourth-order valence-corrected chi connectivity index (χ4v) is 6.05. The predicted molar refractivity (Wildman–Crippen MR) is 136 cm³/mol. The van der Waals surface area contributed by atoms with E-state index in [1.54, 1.807) is 37.4 Å². The van der Waals surface area contributed by atoms with E-state index < -0.39 is 15.9 Å². The second-order valence-electron chi connectivity index (χ2n) is 8.95. The molecule has 0 unspecified atom stereocenters. The summed E-state index contributed by atoms with van der Waals surface area (Å²) in [4.78, 5) is 13.1. The number of aryl methyl sites for hydroxylation is 1. The molecule has 36 heavy (non-hydrogen) atoms. The first kappa shape index (κ1) is 24.1. The molecule has 0 radical (unpaired) electrons. The highest BCUT2D eigenvalue weighted by molar-refractivity contribution is 7.89. The summed E-state index contributed by atoms with van der Waals surface area (Å²) in [6, 6.07) is 15.1. The number of rotatable bonds is 5. The van der Waals surface area contributed by atoms with E-state index in [0.717, 1.165) is 31.2 Å². The third kappa shape index (κ3) is 4.76. The Balaban J connectivity index is 1.62. The van der Waals surface area contributed by atoms with Gasteiger partial charge in [-0.25, -0.2) is 8.42 Å². The minimum absolute atomic E-state index is 0.0696. The van der Waals surface area contributed by atoms with Crippen molar-refractivity contribution in [2.75, 3.05) is 25.5 Å². The normalized spacial score (nSPS) is 16.0. The molecule has 2 aliphatic rings. The predicted octanol–water partition coefficient (Wildman–Crippen LogP) is 5.72. The van der Waals surface area contributed by atoms with E-state index in [1.165, 1.54) is 16.4 Å².